The standard InChI is InChI=1S/C29H27BrClN3O5/c1-2-38-24-15-18(14-21(30)26(24)39-16-17-7-5-8-19(31)13-17)25-23-11-6-12-33(23)29(27(25)34(36)37)20-9-3-4-10-22(20)32-28(29)35/h3-5,7-10,13-15,23,25,27H,2,6,11-12,16H2,1H3,(H,32,35)/t23-,25+,27-,29-/m0/s1. The summed E-state index contributed by atoms with van der Waals surface area (Å²) in [4.78, 5) is 28.4. The molecule has 202 valence electrons. The van der Waals surface area contributed by atoms with E-state index in [1.54, 1.807) is 6.07 Å². The van der Waals surface area contributed by atoms with E-state index in [1.165, 1.54) is 0 Å². The van der Waals surface area contributed by atoms with Crippen LogP contribution in [0.4, 0.5) is 5.69 Å². The molecule has 3 aliphatic rings. The van der Waals surface area contributed by atoms with Crippen LogP contribution in [0.15, 0.2) is 65.1 Å². The topological polar surface area (TPSA) is 93.9 Å². The van der Waals surface area contributed by atoms with E-state index < -0.39 is 17.5 Å². The summed E-state index contributed by atoms with van der Waals surface area (Å²) in [7, 11) is 0. The SMILES string of the molecule is CCOc1cc([C@H]2[C@H]([N+](=O)[O-])[C@@]3(C(=O)Nc4ccccc43)N3CCC[C@@H]23)cc(Br)c1OCc1cccc(Cl)c1. The van der Waals surface area contributed by atoms with E-state index in [4.69, 9.17) is 21.1 Å². The zero-order chi connectivity index (χ0) is 27.3. The zero-order valence-corrected chi connectivity index (χ0v) is 23.6. The van der Waals surface area contributed by atoms with Crippen LogP contribution in [0.5, 0.6) is 11.5 Å². The van der Waals surface area contributed by atoms with Crippen LogP contribution in [-0.2, 0) is 16.9 Å². The van der Waals surface area contributed by atoms with Gasteiger partial charge in [-0.3, -0.25) is 19.8 Å². The maximum absolute atomic E-state index is 13.7. The lowest BCUT2D eigenvalue weighted by Gasteiger charge is -2.32. The zero-order valence-electron chi connectivity index (χ0n) is 21.2. The first-order chi connectivity index (χ1) is 18.9. The number of ether oxygens (including phenoxy) is 2. The Hall–Kier alpha value is -3.14. The molecule has 0 aromatic heterocycles. The van der Waals surface area contributed by atoms with Gasteiger partial charge < -0.3 is 14.8 Å². The number of hydrogen-bond donors (Lipinski definition) is 1. The molecule has 4 atom stereocenters. The molecule has 39 heavy (non-hydrogen) atoms. The smallest absolute Gasteiger partial charge is 0.256 e. The van der Waals surface area contributed by atoms with Crippen LogP contribution in [0, 0.1) is 10.1 Å². The third kappa shape index (κ3) is 4.10. The summed E-state index contributed by atoms with van der Waals surface area (Å²) < 4.78 is 12.8. The van der Waals surface area contributed by atoms with Gasteiger partial charge in [0.1, 0.15) is 6.61 Å². The number of halogens is 2. The highest BCUT2D eigenvalue weighted by Crippen LogP contribution is 2.58. The molecule has 0 saturated carbocycles. The first-order valence-electron chi connectivity index (χ1n) is 13.0. The van der Waals surface area contributed by atoms with Crippen molar-refractivity contribution in [2.24, 2.45) is 0 Å². The number of para-hydroxylation sites is 1. The van der Waals surface area contributed by atoms with Crippen LogP contribution < -0.4 is 14.8 Å². The first kappa shape index (κ1) is 26.1. The van der Waals surface area contributed by atoms with E-state index in [2.05, 4.69) is 26.1 Å². The fraction of sp³-hybridized carbons (Fsp3) is 0.345. The van der Waals surface area contributed by atoms with Gasteiger partial charge in [-0.05, 0) is 77.2 Å². The number of hydrogen-bond acceptors (Lipinski definition) is 6. The lowest BCUT2D eigenvalue weighted by atomic mass is 9.77. The van der Waals surface area contributed by atoms with E-state index in [0.717, 1.165) is 24.0 Å². The van der Waals surface area contributed by atoms with E-state index in [9.17, 15) is 14.9 Å². The molecule has 2 fully saturated rings. The highest BCUT2D eigenvalue weighted by molar-refractivity contribution is 9.10. The Labute approximate surface area is 239 Å². The fourth-order valence-electron chi connectivity index (χ4n) is 6.74. The molecule has 3 aromatic carbocycles. The second-order valence-corrected chi connectivity index (χ2v) is 11.4. The van der Waals surface area contributed by atoms with Gasteiger partial charge in [-0.2, -0.15) is 0 Å². The predicted molar refractivity (Wildman–Crippen MR) is 151 cm³/mol. The Balaban J connectivity index is 1.44. The van der Waals surface area contributed by atoms with Gasteiger partial charge in [0.2, 0.25) is 0 Å². The largest absolute Gasteiger partial charge is 0.490 e. The van der Waals surface area contributed by atoms with Crippen molar-refractivity contribution in [1.29, 1.82) is 0 Å². The molecule has 3 heterocycles. The minimum Gasteiger partial charge on any atom is -0.490 e. The van der Waals surface area contributed by atoms with Crippen LogP contribution in [0.1, 0.15) is 42.4 Å². The Bertz CT molecular complexity index is 1470. The summed E-state index contributed by atoms with van der Waals surface area (Å²) in [5.41, 5.74) is 1.59. The number of fused-ring (bicyclic) bond motifs is 4. The molecule has 10 heteroatoms. The van der Waals surface area contributed by atoms with Crippen LogP contribution in [0.2, 0.25) is 5.02 Å². The highest BCUT2D eigenvalue weighted by Gasteiger charge is 2.73. The quantitative estimate of drug-likeness (QED) is 0.255. The first-order valence-corrected chi connectivity index (χ1v) is 14.2. The lowest BCUT2D eigenvalue weighted by molar-refractivity contribution is -0.534. The normalized spacial score (nSPS) is 25.4. The van der Waals surface area contributed by atoms with Crippen molar-refractivity contribution < 1.29 is 19.2 Å². The molecule has 1 amide bonds. The molecule has 0 radical (unpaired) electrons. The van der Waals surface area contributed by atoms with Crippen LogP contribution in [-0.4, -0.2) is 41.0 Å². The average Bonchev–Trinajstić information content (AvgIpc) is 3.56. The fourth-order valence-corrected chi connectivity index (χ4v) is 7.53. The van der Waals surface area contributed by atoms with E-state index in [0.29, 0.717) is 45.4 Å². The number of benzene rings is 3. The van der Waals surface area contributed by atoms with Crippen molar-refractivity contribution in [3.05, 3.63) is 97.0 Å². The Morgan fingerprint density at radius 2 is 2.00 bits per heavy atom. The molecule has 0 aliphatic carbocycles. The summed E-state index contributed by atoms with van der Waals surface area (Å²) in [6.07, 6.45) is 1.63. The van der Waals surface area contributed by atoms with Gasteiger partial charge in [-0.1, -0.05) is 41.9 Å². The van der Waals surface area contributed by atoms with Crippen LogP contribution in [0.25, 0.3) is 0 Å². The number of anilines is 1. The maximum atomic E-state index is 13.7. The Morgan fingerprint density at radius 1 is 1.18 bits per heavy atom. The van der Waals surface area contributed by atoms with Gasteiger partial charge in [0.25, 0.3) is 11.9 Å². The molecule has 8 nitrogen and oxygen atoms in total. The van der Waals surface area contributed by atoms with Crippen molar-refractivity contribution in [2.75, 3.05) is 18.5 Å². The van der Waals surface area contributed by atoms with E-state index in [-0.39, 0.29) is 23.5 Å². The molecule has 3 aliphatic heterocycles. The minimum absolute atomic E-state index is 0.170. The minimum atomic E-state index is -1.37. The molecular formula is C29H27BrClN3O5. The number of carbonyl (C=O) groups is 1. The molecule has 2 saturated heterocycles. The van der Waals surface area contributed by atoms with E-state index in [1.807, 2.05) is 61.5 Å². The molecule has 1 spiro atoms. The van der Waals surface area contributed by atoms with Crippen molar-refractivity contribution in [3.63, 3.8) is 0 Å². The van der Waals surface area contributed by atoms with Gasteiger partial charge >= 0.3 is 0 Å². The van der Waals surface area contributed by atoms with Gasteiger partial charge in [0.05, 0.1) is 17.0 Å². The van der Waals surface area contributed by atoms with Crippen molar-refractivity contribution >= 4 is 39.1 Å². The number of rotatable bonds is 7. The summed E-state index contributed by atoms with van der Waals surface area (Å²) in [6, 6.07) is 17.1. The number of nitrogens with zero attached hydrogens (tertiary/aromatic N) is 2. The summed E-state index contributed by atoms with van der Waals surface area (Å²) in [6.45, 7) is 3.16. The summed E-state index contributed by atoms with van der Waals surface area (Å²) >= 11 is 9.78. The number of nitro groups is 1. The van der Waals surface area contributed by atoms with Crippen molar-refractivity contribution in [1.82, 2.24) is 4.90 Å². The Kier molecular flexibility index (Phi) is 6.77. The van der Waals surface area contributed by atoms with Crippen LogP contribution >= 0.6 is 27.5 Å². The molecule has 6 rings (SSSR count). The van der Waals surface area contributed by atoms with Gasteiger partial charge in [0.15, 0.2) is 17.0 Å². The monoisotopic (exact) mass is 611 g/mol. The van der Waals surface area contributed by atoms with Crippen LogP contribution in [0.3, 0.4) is 0 Å². The number of carbonyl (C=O) groups excluding carboxylic acids is 1. The second kappa shape index (κ2) is 10.1. The molecular weight excluding hydrogens is 586 g/mol. The second-order valence-electron chi connectivity index (χ2n) is 10.1. The average molecular weight is 613 g/mol. The van der Waals surface area contributed by atoms with Gasteiger partial charge in [0, 0.05) is 33.8 Å². The number of nitrogens with one attached hydrogen (secondary N) is 1. The van der Waals surface area contributed by atoms with Gasteiger partial charge in [-0.25, -0.2) is 0 Å². The highest BCUT2D eigenvalue weighted by atomic mass is 79.9. The van der Waals surface area contributed by atoms with Gasteiger partial charge in [-0.15, -0.1) is 0 Å². The maximum Gasteiger partial charge on any atom is 0.256 e. The lowest BCUT2D eigenvalue weighted by Crippen LogP contribution is -2.55. The number of amides is 1. The van der Waals surface area contributed by atoms with Crippen molar-refractivity contribution in [3.8, 4) is 11.5 Å². The summed E-state index contributed by atoms with van der Waals surface area (Å²) in [5.74, 6) is 0.146. The van der Waals surface area contributed by atoms with Crippen molar-refractivity contribution in [2.45, 2.75) is 49.9 Å². The molecule has 3 aromatic rings. The van der Waals surface area contributed by atoms with E-state index >= 15 is 0 Å². The third-order valence-electron chi connectivity index (χ3n) is 8.08. The molecule has 0 unspecified atom stereocenters. The summed E-state index contributed by atoms with van der Waals surface area (Å²) in [5, 5.41) is 16.5. The third-order valence-corrected chi connectivity index (χ3v) is 8.91. The Morgan fingerprint density at radius 3 is 2.77 bits per heavy atom. The predicted octanol–water partition coefficient (Wildman–Crippen LogP) is 6.13. The molecule has 1 N–H and O–H groups in total. The molecule has 0 bridgehead atoms.